The predicted octanol–water partition coefficient (Wildman–Crippen LogP) is 3.58. The van der Waals surface area contributed by atoms with Gasteiger partial charge in [-0.2, -0.15) is 5.10 Å². The number of rotatable bonds is 6. The minimum absolute atomic E-state index is 0.175. The molecule has 2 atom stereocenters. The Hall–Kier alpha value is -4.47. The topological polar surface area (TPSA) is 117 Å². The molecule has 41 heavy (non-hydrogen) atoms. The summed E-state index contributed by atoms with van der Waals surface area (Å²) in [6, 6.07) is 16.1. The van der Waals surface area contributed by atoms with E-state index >= 15 is 0 Å². The smallest absolute Gasteiger partial charge is 0.324 e. The summed E-state index contributed by atoms with van der Waals surface area (Å²) in [5.41, 5.74) is 3.34. The van der Waals surface area contributed by atoms with Crippen LogP contribution in [0.15, 0.2) is 54.6 Å². The zero-order valence-corrected chi connectivity index (χ0v) is 24.3. The molecule has 0 radical (unpaired) electrons. The van der Waals surface area contributed by atoms with E-state index < -0.39 is 11.6 Å². The molecule has 214 valence electrons. The summed E-state index contributed by atoms with van der Waals surface area (Å²) in [6.45, 7) is 7.84. The van der Waals surface area contributed by atoms with E-state index in [2.05, 4.69) is 15.7 Å². The van der Waals surface area contributed by atoms with Gasteiger partial charge in [-0.15, -0.1) is 0 Å². The number of likely N-dealkylation sites (N-methyl/N-ethyl adjacent to an activating group) is 1. The molecule has 1 spiro atoms. The molecular formula is C31H36N6O4. The van der Waals surface area contributed by atoms with Gasteiger partial charge >= 0.3 is 6.03 Å². The largest absolute Gasteiger partial charge is 0.325 e. The fourth-order valence-corrected chi connectivity index (χ4v) is 5.61. The number of nitrogens with zero attached hydrogens (tertiary/aromatic N) is 4. The first-order chi connectivity index (χ1) is 19.3. The molecule has 5 amide bonds. The van der Waals surface area contributed by atoms with Crippen molar-refractivity contribution in [1.29, 1.82) is 0 Å². The van der Waals surface area contributed by atoms with Crippen molar-refractivity contribution in [2.75, 3.05) is 18.9 Å². The van der Waals surface area contributed by atoms with Gasteiger partial charge in [-0.1, -0.05) is 57.2 Å². The molecule has 3 aromatic rings. The Bertz CT molecular complexity index is 1540. The molecule has 0 unspecified atom stereocenters. The van der Waals surface area contributed by atoms with Crippen LogP contribution in [0.5, 0.6) is 0 Å². The summed E-state index contributed by atoms with van der Waals surface area (Å²) in [6.07, 6.45) is 0.787. The van der Waals surface area contributed by atoms with E-state index in [1.54, 1.807) is 35.8 Å². The van der Waals surface area contributed by atoms with Gasteiger partial charge in [0.2, 0.25) is 5.91 Å². The molecule has 2 heterocycles. The van der Waals surface area contributed by atoms with Gasteiger partial charge in [0.25, 0.3) is 11.8 Å². The van der Waals surface area contributed by atoms with Crippen LogP contribution in [0.4, 0.5) is 10.5 Å². The fraction of sp³-hybridized carbons (Fsp3) is 0.387. The van der Waals surface area contributed by atoms with Crippen LogP contribution in [-0.4, -0.2) is 62.5 Å². The molecule has 0 bridgehead atoms. The lowest BCUT2D eigenvalue weighted by molar-refractivity contribution is -0.125. The maximum absolute atomic E-state index is 13.9. The molecule has 2 N–H and O–H groups in total. The average Bonchev–Trinajstić information content (AvgIpc) is 3.57. The monoisotopic (exact) mass is 556 g/mol. The Kier molecular flexibility index (Phi) is 6.97. The number of fused-ring (bicyclic) bond motifs is 1. The quantitative estimate of drug-likeness (QED) is 0.450. The number of nitrogens with one attached hydrogen (secondary N) is 2. The molecule has 2 aliphatic rings. The van der Waals surface area contributed by atoms with Crippen molar-refractivity contribution in [3.05, 3.63) is 82.7 Å². The molecule has 1 aliphatic carbocycles. The van der Waals surface area contributed by atoms with Gasteiger partial charge in [0.1, 0.15) is 17.8 Å². The summed E-state index contributed by atoms with van der Waals surface area (Å²) in [5.74, 6) is -0.948. The Morgan fingerprint density at radius 2 is 1.73 bits per heavy atom. The number of carbonyl (C=O) groups excluding carboxylic acids is 4. The van der Waals surface area contributed by atoms with Crippen molar-refractivity contribution < 1.29 is 19.2 Å². The summed E-state index contributed by atoms with van der Waals surface area (Å²) in [5, 5.41) is 9.89. The highest BCUT2D eigenvalue weighted by Gasteiger charge is 2.54. The number of anilines is 1. The van der Waals surface area contributed by atoms with Crippen molar-refractivity contribution in [3.8, 4) is 0 Å². The normalized spacial score (nSPS) is 18.8. The first-order valence-corrected chi connectivity index (χ1v) is 13.7. The second kappa shape index (κ2) is 10.2. The molecule has 10 nitrogen and oxygen atoms in total. The number of aryl methyl sites for hydroxylation is 1. The second-order valence-electron chi connectivity index (χ2n) is 12.0. The van der Waals surface area contributed by atoms with Crippen LogP contribution in [0.1, 0.15) is 66.6 Å². The van der Waals surface area contributed by atoms with Gasteiger partial charge in [-0.25, -0.2) is 4.79 Å². The number of hydrogen-bond donors (Lipinski definition) is 2. The van der Waals surface area contributed by atoms with Crippen LogP contribution in [0, 0.1) is 0 Å². The first kappa shape index (κ1) is 28.1. The van der Waals surface area contributed by atoms with Gasteiger partial charge < -0.3 is 15.1 Å². The maximum Gasteiger partial charge on any atom is 0.324 e. The highest BCUT2D eigenvalue weighted by Crippen LogP contribution is 2.38. The lowest BCUT2D eigenvalue weighted by Gasteiger charge is -2.29. The third kappa shape index (κ3) is 5.10. The molecule has 1 aliphatic heterocycles. The van der Waals surface area contributed by atoms with Gasteiger partial charge in [-0.05, 0) is 41.8 Å². The highest BCUT2D eigenvalue weighted by atomic mass is 16.2. The van der Waals surface area contributed by atoms with Gasteiger partial charge in [0.05, 0.1) is 11.7 Å². The Morgan fingerprint density at radius 3 is 2.34 bits per heavy atom. The average molecular weight is 557 g/mol. The minimum atomic E-state index is -0.939. The molecule has 1 saturated heterocycles. The summed E-state index contributed by atoms with van der Waals surface area (Å²) in [4.78, 5) is 55.0. The zero-order chi connectivity index (χ0) is 29.7. The van der Waals surface area contributed by atoms with Gasteiger partial charge in [0, 0.05) is 38.0 Å². The van der Waals surface area contributed by atoms with Crippen LogP contribution in [0.25, 0.3) is 0 Å². The van der Waals surface area contributed by atoms with E-state index in [4.69, 9.17) is 0 Å². The van der Waals surface area contributed by atoms with Crippen molar-refractivity contribution in [2.24, 2.45) is 7.05 Å². The Morgan fingerprint density at radius 1 is 1.05 bits per heavy atom. The fourth-order valence-electron chi connectivity index (χ4n) is 5.61. The third-order valence-corrected chi connectivity index (χ3v) is 8.24. The summed E-state index contributed by atoms with van der Waals surface area (Å²) in [7, 11) is 3.36. The van der Waals surface area contributed by atoms with Gasteiger partial charge in [0.15, 0.2) is 0 Å². The summed E-state index contributed by atoms with van der Waals surface area (Å²) < 4.78 is 1.57. The Labute approximate surface area is 239 Å². The van der Waals surface area contributed by atoms with E-state index in [-0.39, 0.29) is 35.7 Å². The lowest BCUT2D eigenvalue weighted by atomic mass is 9.92. The molecule has 2 aromatic carbocycles. The van der Waals surface area contributed by atoms with E-state index in [0.29, 0.717) is 24.2 Å². The van der Waals surface area contributed by atoms with Crippen LogP contribution in [0.2, 0.25) is 0 Å². The number of hydrogen-bond acceptors (Lipinski definition) is 5. The number of amides is 5. The molecule has 0 saturated carbocycles. The van der Waals surface area contributed by atoms with Crippen molar-refractivity contribution >= 4 is 29.4 Å². The molecule has 5 rings (SSSR count). The Balaban J connectivity index is 1.37. The molecular weight excluding hydrogens is 520 g/mol. The highest BCUT2D eigenvalue weighted by molar-refractivity contribution is 6.07. The second-order valence-corrected chi connectivity index (χ2v) is 12.0. The van der Waals surface area contributed by atoms with E-state index in [9.17, 15) is 19.2 Å². The number of benzene rings is 2. The lowest BCUT2D eigenvalue weighted by Crippen LogP contribution is -2.48. The van der Waals surface area contributed by atoms with Crippen molar-refractivity contribution in [1.82, 2.24) is 24.9 Å². The first-order valence-electron chi connectivity index (χ1n) is 13.7. The number of imide groups is 1. The van der Waals surface area contributed by atoms with Crippen LogP contribution >= 0.6 is 0 Å². The number of aromatic nitrogens is 2. The van der Waals surface area contributed by atoms with E-state index in [1.807, 2.05) is 70.2 Å². The third-order valence-electron chi connectivity index (χ3n) is 8.24. The van der Waals surface area contributed by atoms with Crippen LogP contribution in [-0.2, 0) is 34.9 Å². The maximum atomic E-state index is 13.9. The van der Waals surface area contributed by atoms with E-state index in [0.717, 1.165) is 22.4 Å². The van der Waals surface area contributed by atoms with Crippen LogP contribution < -0.4 is 10.6 Å². The standard InChI is InChI=1S/C31H36N6O4/c1-19(20-10-8-7-9-11-20)37(27(39)24-15-25(30(2,3)4)34-36(24)6)18-26(38)32-23-13-12-21-16-31(17-22(21)14-23)28(40)33-29(41)35(31)5/h7-15,19H,16-18H2,1-6H3,(H,32,38)(H,33,40,41)/t19-,31+/m1/s1. The molecule has 1 aromatic heterocycles. The number of urea groups is 1. The predicted molar refractivity (Wildman–Crippen MR) is 154 cm³/mol. The van der Waals surface area contributed by atoms with Gasteiger partial charge in [-0.3, -0.25) is 24.4 Å². The van der Waals surface area contributed by atoms with Crippen LogP contribution in [0.3, 0.4) is 0 Å². The minimum Gasteiger partial charge on any atom is -0.325 e. The number of carbonyl (C=O) groups is 4. The molecule has 1 fully saturated rings. The summed E-state index contributed by atoms with van der Waals surface area (Å²) >= 11 is 0. The zero-order valence-electron chi connectivity index (χ0n) is 24.3. The van der Waals surface area contributed by atoms with E-state index in [1.165, 1.54) is 4.90 Å². The van der Waals surface area contributed by atoms with Crippen molar-refractivity contribution in [2.45, 2.75) is 57.5 Å². The SMILES string of the molecule is C[C@H](c1ccccc1)N(CC(=O)Nc1ccc2c(c1)C[C@@]1(C2)C(=O)NC(=O)N1C)C(=O)c1cc(C(C)(C)C)nn1C. The van der Waals surface area contributed by atoms with Crippen molar-refractivity contribution in [3.63, 3.8) is 0 Å². The molecule has 10 heteroatoms.